The molecule has 0 bridgehead atoms. The Morgan fingerprint density at radius 2 is 1.79 bits per heavy atom. The number of fused-ring (bicyclic) bond motifs is 1. The molecule has 1 saturated heterocycles. The summed E-state index contributed by atoms with van der Waals surface area (Å²) in [6.45, 7) is 4.22. The Kier molecular flexibility index (Phi) is 5.23. The fourth-order valence-corrected chi connectivity index (χ4v) is 3.89. The molecule has 7 nitrogen and oxygen atoms in total. The van der Waals surface area contributed by atoms with Crippen LogP contribution in [0.3, 0.4) is 0 Å². The number of aryl methyl sites for hydroxylation is 2. The van der Waals surface area contributed by atoms with Crippen LogP contribution in [0.1, 0.15) is 41.4 Å². The van der Waals surface area contributed by atoms with E-state index in [1.807, 2.05) is 4.90 Å². The van der Waals surface area contributed by atoms with Gasteiger partial charge in [0.05, 0.1) is 5.69 Å². The quantitative estimate of drug-likeness (QED) is 0.885. The van der Waals surface area contributed by atoms with E-state index in [9.17, 15) is 9.59 Å². The van der Waals surface area contributed by atoms with E-state index in [4.69, 9.17) is 0 Å². The minimum atomic E-state index is -0.149. The third-order valence-electron chi connectivity index (χ3n) is 5.38. The Morgan fingerprint density at radius 3 is 2.57 bits per heavy atom. The van der Waals surface area contributed by atoms with Crippen LogP contribution in [0.2, 0.25) is 0 Å². The van der Waals surface area contributed by atoms with Crippen molar-refractivity contribution in [2.45, 2.75) is 32.6 Å². The smallest absolute Gasteiger partial charge is 0.254 e. The van der Waals surface area contributed by atoms with Crippen LogP contribution in [-0.2, 0) is 17.6 Å². The first-order valence-electron chi connectivity index (χ1n) is 9.87. The predicted molar refractivity (Wildman–Crippen MR) is 108 cm³/mol. The molecule has 1 fully saturated rings. The Balaban J connectivity index is 1.40. The van der Waals surface area contributed by atoms with Crippen molar-refractivity contribution in [1.82, 2.24) is 15.1 Å². The molecule has 0 unspecified atom stereocenters. The normalized spacial score (nSPS) is 16.5. The van der Waals surface area contributed by atoms with Gasteiger partial charge in [-0.2, -0.15) is 5.10 Å². The number of anilines is 2. The van der Waals surface area contributed by atoms with E-state index in [2.05, 4.69) is 26.5 Å². The molecule has 1 aliphatic heterocycles. The number of hydrogen-bond acceptors (Lipinski definition) is 5. The van der Waals surface area contributed by atoms with Gasteiger partial charge in [0.15, 0.2) is 5.82 Å². The fraction of sp³-hybridized carbons (Fsp3) is 0.429. The second-order valence-corrected chi connectivity index (χ2v) is 7.42. The average Bonchev–Trinajstić information content (AvgIpc) is 2.73. The molecule has 28 heavy (non-hydrogen) atoms. The summed E-state index contributed by atoms with van der Waals surface area (Å²) < 4.78 is 0. The first-order chi connectivity index (χ1) is 13.6. The van der Waals surface area contributed by atoms with Crippen molar-refractivity contribution in [2.75, 3.05) is 36.4 Å². The number of aromatic nitrogens is 2. The molecule has 2 aromatic rings. The third kappa shape index (κ3) is 3.98. The molecule has 146 valence electrons. The number of piperazine rings is 1. The number of rotatable bonds is 3. The standard InChI is InChI=1S/C21H25N5O2/c1-15(27)22-18-7-4-6-17(13-18)21(28)26-11-9-25(10-12-26)20-14-16-5-2-3-8-19(16)23-24-20/h4,6-7,13-14H,2-3,5,8-12H2,1H3,(H,22,27). The predicted octanol–water partition coefficient (Wildman–Crippen LogP) is 2.28. The van der Waals surface area contributed by atoms with Crippen LogP contribution in [0.15, 0.2) is 30.3 Å². The molecule has 0 radical (unpaired) electrons. The Bertz CT molecular complexity index is 890. The minimum Gasteiger partial charge on any atom is -0.352 e. The number of hydrogen-bond donors (Lipinski definition) is 1. The summed E-state index contributed by atoms with van der Waals surface area (Å²) >= 11 is 0. The highest BCUT2D eigenvalue weighted by molar-refractivity contribution is 5.97. The largest absolute Gasteiger partial charge is 0.352 e. The molecule has 2 aliphatic rings. The lowest BCUT2D eigenvalue weighted by molar-refractivity contribution is -0.114. The van der Waals surface area contributed by atoms with Gasteiger partial charge in [-0.15, -0.1) is 5.10 Å². The van der Waals surface area contributed by atoms with Gasteiger partial charge in [0.1, 0.15) is 0 Å². The molecule has 2 heterocycles. The van der Waals surface area contributed by atoms with Crippen LogP contribution in [0, 0.1) is 0 Å². The van der Waals surface area contributed by atoms with Crippen LogP contribution >= 0.6 is 0 Å². The number of benzene rings is 1. The molecule has 1 aromatic carbocycles. The summed E-state index contributed by atoms with van der Waals surface area (Å²) in [6, 6.07) is 9.26. The summed E-state index contributed by atoms with van der Waals surface area (Å²) in [5, 5.41) is 11.6. The molecule has 0 atom stereocenters. The third-order valence-corrected chi connectivity index (χ3v) is 5.38. The van der Waals surface area contributed by atoms with Gasteiger partial charge >= 0.3 is 0 Å². The summed E-state index contributed by atoms with van der Waals surface area (Å²) in [7, 11) is 0. The highest BCUT2D eigenvalue weighted by atomic mass is 16.2. The van der Waals surface area contributed by atoms with E-state index in [1.54, 1.807) is 24.3 Å². The van der Waals surface area contributed by atoms with Crippen LogP contribution in [0.4, 0.5) is 11.5 Å². The van der Waals surface area contributed by atoms with Crippen molar-refractivity contribution in [2.24, 2.45) is 0 Å². The molecule has 0 spiro atoms. The second-order valence-electron chi connectivity index (χ2n) is 7.42. The van der Waals surface area contributed by atoms with Crippen LogP contribution in [0.5, 0.6) is 0 Å². The number of amides is 2. The van der Waals surface area contributed by atoms with E-state index in [0.29, 0.717) is 24.3 Å². The molecule has 2 amide bonds. The van der Waals surface area contributed by atoms with Gasteiger partial charge in [-0.25, -0.2) is 0 Å². The van der Waals surface area contributed by atoms with Gasteiger partial charge in [-0.05, 0) is 55.5 Å². The van der Waals surface area contributed by atoms with Crippen molar-refractivity contribution >= 4 is 23.3 Å². The van der Waals surface area contributed by atoms with Gasteiger partial charge < -0.3 is 15.1 Å². The molecule has 4 rings (SSSR count). The van der Waals surface area contributed by atoms with Crippen molar-refractivity contribution in [3.8, 4) is 0 Å². The van der Waals surface area contributed by atoms with Crippen LogP contribution in [0.25, 0.3) is 0 Å². The number of carbonyl (C=O) groups excluding carboxylic acids is 2. The SMILES string of the molecule is CC(=O)Nc1cccc(C(=O)N2CCN(c3cc4c(nn3)CCCC4)CC2)c1. The zero-order chi connectivity index (χ0) is 19.5. The lowest BCUT2D eigenvalue weighted by Gasteiger charge is -2.35. The minimum absolute atomic E-state index is 0.0108. The molecular weight excluding hydrogens is 354 g/mol. The van der Waals surface area contributed by atoms with E-state index < -0.39 is 0 Å². The van der Waals surface area contributed by atoms with Gasteiger partial charge in [0, 0.05) is 44.4 Å². The number of nitrogens with zero attached hydrogens (tertiary/aromatic N) is 4. The fourth-order valence-electron chi connectivity index (χ4n) is 3.89. The average molecular weight is 379 g/mol. The summed E-state index contributed by atoms with van der Waals surface area (Å²) in [6.07, 6.45) is 4.53. The highest BCUT2D eigenvalue weighted by Gasteiger charge is 2.24. The molecule has 0 saturated carbocycles. The molecule has 1 aliphatic carbocycles. The molecule has 1 N–H and O–H groups in total. The van der Waals surface area contributed by atoms with Crippen LogP contribution in [-0.4, -0.2) is 53.1 Å². The summed E-state index contributed by atoms with van der Waals surface area (Å²) in [5.41, 5.74) is 3.70. The van der Waals surface area contributed by atoms with E-state index in [0.717, 1.165) is 37.4 Å². The van der Waals surface area contributed by atoms with Gasteiger partial charge in [0.25, 0.3) is 5.91 Å². The number of nitrogens with one attached hydrogen (secondary N) is 1. The van der Waals surface area contributed by atoms with E-state index >= 15 is 0 Å². The molecule has 7 heteroatoms. The first-order valence-corrected chi connectivity index (χ1v) is 9.87. The van der Waals surface area contributed by atoms with Crippen molar-refractivity contribution in [1.29, 1.82) is 0 Å². The zero-order valence-electron chi connectivity index (χ0n) is 16.1. The van der Waals surface area contributed by atoms with Crippen LogP contribution < -0.4 is 10.2 Å². The molecule has 1 aromatic heterocycles. The summed E-state index contributed by atoms with van der Waals surface area (Å²) in [5.74, 6) is 0.758. The topological polar surface area (TPSA) is 78.4 Å². The van der Waals surface area contributed by atoms with E-state index in [1.165, 1.54) is 25.3 Å². The van der Waals surface area contributed by atoms with Crippen molar-refractivity contribution in [3.05, 3.63) is 47.2 Å². The molecular formula is C21H25N5O2. The number of carbonyl (C=O) groups is 2. The monoisotopic (exact) mass is 379 g/mol. The van der Waals surface area contributed by atoms with Gasteiger partial charge in [-0.1, -0.05) is 6.07 Å². The van der Waals surface area contributed by atoms with Crippen molar-refractivity contribution < 1.29 is 9.59 Å². The Hall–Kier alpha value is -2.96. The van der Waals surface area contributed by atoms with Gasteiger partial charge in [0.2, 0.25) is 5.91 Å². The Labute approximate surface area is 164 Å². The maximum absolute atomic E-state index is 12.8. The second kappa shape index (κ2) is 7.96. The zero-order valence-corrected chi connectivity index (χ0v) is 16.1. The maximum atomic E-state index is 12.8. The highest BCUT2D eigenvalue weighted by Crippen LogP contribution is 2.23. The van der Waals surface area contributed by atoms with E-state index in [-0.39, 0.29) is 11.8 Å². The first kappa shape index (κ1) is 18.4. The Morgan fingerprint density at radius 1 is 1.00 bits per heavy atom. The van der Waals surface area contributed by atoms with Crippen molar-refractivity contribution in [3.63, 3.8) is 0 Å². The summed E-state index contributed by atoms with van der Waals surface area (Å²) in [4.78, 5) is 28.1. The van der Waals surface area contributed by atoms with Gasteiger partial charge in [-0.3, -0.25) is 9.59 Å². The lowest BCUT2D eigenvalue weighted by Crippen LogP contribution is -2.49. The lowest BCUT2D eigenvalue weighted by atomic mass is 9.97. The maximum Gasteiger partial charge on any atom is 0.254 e.